The lowest BCUT2D eigenvalue weighted by molar-refractivity contribution is 0.217. The third kappa shape index (κ3) is 2.54. The summed E-state index contributed by atoms with van der Waals surface area (Å²) in [6.07, 6.45) is 0.954. The lowest BCUT2D eigenvalue weighted by Gasteiger charge is -2.32. The molecule has 0 spiro atoms. The van der Waals surface area contributed by atoms with Crippen LogP contribution in [-0.2, 0) is 5.41 Å². The van der Waals surface area contributed by atoms with E-state index in [9.17, 15) is 4.79 Å². The Morgan fingerprint density at radius 2 is 1.26 bits per heavy atom. The normalized spacial score (nSPS) is 20.7. The molecular weight excluding hydrogens is 332 g/mol. The van der Waals surface area contributed by atoms with E-state index in [1.54, 1.807) is 0 Å². The van der Waals surface area contributed by atoms with Gasteiger partial charge in [0.05, 0.1) is 6.04 Å². The van der Waals surface area contributed by atoms with Gasteiger partial charge in [0.15, 0.2) is 0 Å². The van der Waals surface area contributed by atoms with Crippen molar-refractivity contribution in [3.63, 3.8) is 0 Å². The Hall–Kier alpha value is -3.07. The maximum absolute atomic E-state index is 13.2. The lowest BCUT2D eigenvalue weighted by Crippen LogP contribution is -2.38. The molecule has 0 bridgehead atoms. The molecule has 0 radical (unpaired) electrons. The fourth-order valence-corrected chi connectivity index (χ4v) is 4.75. The molecule has 3 aromatic carbocycles. The summed E-state index contributed by atoms with van der Waals surface area (Å²) in [7, 11) is 0. The molecule has 5 rings (SSSR count). The predicted molar refractivity (Wildman–Crippen MR) is 108 cm³/mol. The summed E-state index contributed by atoms with van der Waals surface area (Å²) in [5.41, 5.74) is 3.45. The average molecular weight is 354 g/mol. The van der Waals surface area contributed by atoms with Crippen molar-refractivity contribution in [2.45, 2.75) is 17.9 Å². The minimum atomic E-state index is -0.133. The maximum atomic E-state index is 13.2. The molecule has 0 aliphatic carbocycles. The number of hydrogen-bond donors (Lipinski definition) is 0. The number of rotatable bonds is 3. The van der Waals surface area contributed by atoms with Crippen LogP contribution in [0.3, 0.4) is 0 Å². The average Bonchev–Trinajstić information content (AvgIpc) is 3.27. The smallest absolute Gasteiger partial charge is 0.318 e. The highest BCUT2D eigenvalue weighted by Crippen LogP contribution is 2.46. The van der Waals surface area contributed by atoms with Crippen LogP contribution >= 0.6 is 0 Å². The Kier molecular flexibility index (Phi) is 3.75. The zero-order valence-electron chi connectivity index (χ0n) is 15.2. The predicted octanol–water partition coefficient (Wildman–Crippen LogP) is 4.69. The Morgan fingerprint density at radius 1 is 0.741 bits per heavy atom. The van der Waals surface area contributed by atoms with Gasteiger partial charge in [0.25, 0.3) is 0 Å². The molecule has 0 N–H and O–H groups in total. The molecule has 2 fully saturated rings. The second-order valence-electron chi connectivity index (χ2n) is 7.53. The first-order chi connectivity index (χ1) is 13.3. The Labute approximate surface area is 159 Å². The zero-order chi connectivity index (χ0) is 18.3. The molecular formula is C24H22N2O. The van der Waals surface area contributed by atoms with Crippen molar-refractivity contribution in [3.05, 3.63) is 102 Å². The molecule has 3 aromatic rings. The molecule has 3 heteroatoms. The number of para-hydroxylation sites is 1. The van der Waals surface area contributed by atoms with Gasteiger partial charge >= 0.3 is 6.03 Å². The van der Waals surface area contributed by atoms with E-state index < -0.39 is 0 Å². The summed E-state index contributed by atoms with van der Waals surface area (Å²) in [5.74, 6) is 0. The van der Waals surface area contributed by atoms with Crippen molar-refractivity contribution >= 4 is 11.7 Å². The van der Waals surface area contributed by atoms with E-state index in [-0.39, 0.29) is 17.5 Å². The number of amides is 2. The highest BCUT2D eigenvalue weighted by Gasteiger charge is 2.52. The summed E-state index contributed by atoms with van der Waals surface area (Å²) < 4.78 is 0. The zero-order valence-corrected chi connectivity index (χ0v) is 15.2. The molecule has 2 heterocycles. The number of anilines is 1. The molecule has 27 heavy (non-hydrogen) atoms. The largest absolute Gasteiger partial charge is 0.324 e. The van der Waals surface area contributed by atoms with Gasteiger partial charge < -0.3 is 4.90 Å². The van der Waals surface area contributed by atoms with Crippen molar-refractivity contribution in [1.82, 2.24) is 4.90 Å². The van der Waals surface area contributed by atoms with Crippen LogP contribution in [0.25, 0.3) is 0 Å². The van der Waals surface area contributed by atoms with E-state index >= 15 is 0 Å². The highest BCUT2D eigenvalue weighted by atomic mass is 16.2. The monoisotopic (exact) mass is 354 g/mol. The van der Waals surface area contributed by atoms with Crippen LogP contribution in [0.1, 0.15) is 17.5 Å². The standard InChI is InChI=1S/C24H22N2O/c27-23-25(21-14-8-3-9-15-21)17-22-16-24(18-26(22)23,19-10-4-1-5-11-19)20-12-6-2-7-13-20/h1-15,22H,16-18H2. The molecule has 1 unspecified atom stereocenters. The number of nitrogens with zero attached hydrogens (tertiary/aromatic N) is 2. The van der Waals surface area contributed by atoms with Gasteiger partial charge in [0.2, 0.25) is 0 Å². The van der Waals surface area contributed by atoms with Gasteiger partial charge in [-0.3, -0.25) is 4.90 Å². The third-order valence-electron chi connectivity index (χ3n) is 6.06. The fraction of sp³-hybridized carbons (Fsp3) is 0.208. The van der Waals surface area contributed by atoms with Gasteiger partial charge in [0, 0.05) is 24.2 Å². The quantitative estimate of drug-likeness (QED) is 0.669. The lowest BCUT2D eigenvalue weighted by atomic mass is 9.73. The van der Waals surface area contributed by atoms with Gasteiger partial charge in [-0.25, -0.2) is 4.79 Å². The van der Waals surface area contributed by atoms with E-state index in [0.29, 0.717) is 0 Å². The SMILES string of the molecule is O=C1N(c2ccccc2)CC2CC(c3ccccc3)(c3ccccc3)CN12. The van der Waals surface area contributed by atoms with Crippen molar-refractivity contribution in [3.8, 4) is 0 Å². The van der Waals surface area contributed by atoms with Crippen molar-refractivity contribution in [1.29, 1.82) is 0 Å². The van der Waals surface area contributed by atoms with Crippen LogP contribution in [-0.4, -0.2) is 30.1 Å². The van der Waals surface area contributed by atoms with E-state index in [1.165, 1.54) is 11.1 Å². The molecule has 0 saturated carbocycles. The van der Waals surface area contributed by atoms with Gasteiger partial charge in [-0.05, 0) is 29.7 Å². The van der Waals surface area contributed by atoms with Gasteiger partial charge in [0.1, 0.15) is 0 Å². The number of carbonyl (C=O) groups excluding carboxylic acids is 1. The van der Waals surface area contributed by atoms with Gasteiger partial charge in [-0.1, -0.05) is 78.9 Å². The van der Waals surface area contributed by atoms with Crippen LogP contribution < -0.4 is 4.90 Å². The minimum absolute atomic E-state index is 0.125. The maximum Gasteiger partial charge on any atom is 0.324 e. The number of fused-ring (bicyclic) bond motifs is 1. The topological polar surface area (TPSA) is 23.6 Å². The van der Waals surface area contributed by atoms with Crippen LogP contribution in [0.2, 0.25) is 0 Å². The van der Waals surface area contributed by atoms with Gasteiger partial charge in [-0.2, -0.15) is 0 Å². The number of carbonyl (C=O) groups is 1. The van der Waals surface area contributed by atoms with Crippen LogP contribution in [0.15, 0.2) is 91.0 Å². The van der Waals surface area contributed by atoms with Crippen molar-refractivity contribution < 1.29 is 4.79 Å². The second kappa shape index (κ2) is 6.27. The molecule has 2 saturated heterocycles. The molecule has 2 aliphatic rings. The third-order valence-corrected chi connectivity index (χ3v) is 6.06. The molecule has 3 nitrogen and oxygen atoms in total. The first-order valence-corrected chi connectivity index (χ1v) is 9.52. The number of benzene rings is 3. The highest BCUT2D eigenvalue weighted by molar-refractivity contribution is 5.95. The Balaban J connectivity index is 1.52. The Bertz CT molecular complexity index is 900. The molecule has 134 valence electrons. The summed E-state index contributed by atoms with van der Waals surface area (Å²) in [6, 6.07) is 31.7. The molecule has 1 atom stereocenters. The number of hydrogen-bond acceptors (Lipinski definition) is 1. The summed E-state index contributed by atoms with van der Waals surface area (Å²) in [4.78, 5) is 17.2. The second-order valence-corrected chi connectivity index (χ2v) is 7.53. The Morgan fingerprint density at radius 3 is 1.78 bits per heavy atom. The van der Waals surface area contributed by atoms with Gasteiger partial charge in [-0.15, -0.1) is 0 Å². The summed E-state index contributed by atoms with van der Waals surface area (Å²) in [5, 5.41) is 0. The molecule has 0 aromatic heterocycles. The van der Waals surface area contributed by atoms with Crippen molar-refractivity contribution in [2.75, 3.05) is 18.0 Å². The van der Waals surface area contributed by atoms with E-state index in [4.69, 9.17) is 0 Å². The summed E-state index contributed by atoms with van der Waals surface area (Å²) >= 11 is 0. The molecule has 2 aliphatic heterocycles. The van der Waals surface area contributed by atoms with Crippen LogP contribution in [0.4, 0.5) is 10.5 Å². The van der Waals surface area contributed by atoms with E-state index in [2.05, 4.69) is 65.6 Å². The fourth-order valence-electron chi connectivity index (χ4n) is 4.75. The van der Waals surface area contributed by atoms with E-state index in [1.807, 2.05) is 35.2 Å². The minimum Gasteiger partial charge on any atom is -0.318 e. The summed E-state index contributed by atoms with van der Waals surface area (Å²) in [6.45, 7) is 1.48. The number of urea groups is 1. The molecule has 2 amide bonds. The van der Waals surface area contributed by atoms with Crippen LogP contribution in [0, 0.1) is 0 Å². The van der Waals surface area contributed by atoms with Crippen molar-refractivity contribution in [2.24, 2.45) is 0 Å². The van der Waals surface area contributed by atoms with E-state index in [0.717, 1.165) is 25.2 Å². The van der Waals surface area contributed by atoms with Crippen LogP contribution in [0.5, 0.6) is 0 Å². The first-order valence-electron chi connectivity index (χ1n) is 9.52. The first kappa shape index (κ1) is 16.1.